The van der Waals surface area contributed by atoms with Crippen molar-refractivity contribution in [2.24, 2.45) is 0 Å². The Kier molecular flexibility index (Phi) is 4.38. The lowest BCUT2D eigenvalue weighted by Gasteiger charge is -2.46. The maximum absolute atomic E-state index is 10.0. The molecule has 3 N–H and O–H groups in total. The second kappa shape index (κ2) is 4.97. The molecule has 2 aliphatic heterocycles. The molecule has 0 aromatic rings. The predicted octanol–water partition coefficient (Wildman–Crippen LogP) is 0.0642. The van der Waals surface area contributed by atoms with E-state index < -0.39 is 5.60 Å². The Hall–Kier alpha value is 0.130. The standard InChI is InChI=1S/C10H19NO3.ClH/c12-8-9(13)3-6-14-10(7-9)1-4-11-5-2-10;/h11-13H,1-8H2;1H. The van der Waals surface area contributed by atoms with Crippen LogP contribution < -0.4 is 5.32 Å². The highest BCUT2D eigenvalue weighted by atomic mass is 35.5. The number of aliphatic hydroxyl groups excluding tert-OH is 1. The van der Waals surface area contributed by atoms with Crippen molar-refractivity contribution in [1.82, 2.24) is 5.32 Å². The summed E-state index contributed by atoms with van der Waals surface area (Å²) < 4.78 is 5.79. The van der Waals surface area contributed by atoms with Crippen LogP contribution in [0.4, 0.5) is 0 Å². The van der Waals surface area contributed by atoms with E-state index in [1.54, 1.807) is 0 Å². The normalized spacial score (nSPS) is 34.8. The second-order valence-corrected chi connectivity index (χ2v) is 4.59. The third-order valence-electron chi connectivity index (χ3n) is 3.44. The van der Waals surface area contributed by atoms with Gasteiger partial charge in [-0.2, -0.15) is 0 Å². The fourth-order valence-corrected chi connectivity index (χ4v) is 2.54. The smallest absolute Gasteiger partial charge is 0.0926 e. The van der Waals surface area contributed by atoms with Crippen molar-refractivity contribution in [3.8, 4) is 0 Å². The molecular formula is C10H20ClNO3. The lowest BCUT2D eigenvalue weighted by molar-refractivity contribution is -0.181. The average Bonchev–Trinajstić information content (AvgIpc) is 2.19. The molecule has 0 bridgehead atoms. The van der Waals surface area contributed by atoms with Gasteiger partial charge in [0.25, 0.3) is 0 Å². The second-order valence-electron chi connectivity index (χ2n) is 4.59. The molecule has 2 saturated heterocycles. The van der Waals surface area contributed by atoms with Crippen molar-refractivity contribution in [2.75, 3.05) is 26.3 Å². The zero-order valence-corrected chi connectivity index (χ0v) is 9.68. The van der Waals surface area contributed by atoms with Crippen LogP contribution in [0.15, 0.2) is 0 Å². The van der Waals surface area contributed by atoms with Gasteiger partial charge in [0.2, 0.25) is 0 Å². The summed E-state index contributed by atoms with van der Waals surface area (Å²) in [6.07, 6.45) is 3.02. The van der Waals surface area contributed by atoms with E-state index in [9.17, 15) is 5.11 Å². The molecule has 1 atom stereocenters. The molecule has 4 nitrogen and oxygen atoms in total. The zero-order chi connectivity index (χ0) is 10.1. The van der Waals surface area contributed by atoms with E-state index in [-0.39, 0.29) is 24.6 Å². The fourth-order valence-electron chi connectivity index (χ4n) is 2.54. The number of rotatable bonds is 1. The van der Waals surface area contributed by atoms with Crippen molar-refractivity contribution >= 4 is 12.4 Å². The van der Waals surface area contributed by atoms with Crippen molar-refractivity contribution in [1.29, 1.82) is 0 Å². The van der Waals surface area contributed by atoms with Gasteiger partial charge in [0.1, 0.15) is 0 Å². The number of nitrogens with one attached hydrogen (secondary N) is 1. The Bertz CT molecular complexity index is 203. The van der Waals surface area contributed by atoms with Gasteiger partial charge in [-0.1, -0.05) is 0 Å². The highest BCUT2D eigenvalue weighted by molar-refractivity contribution is 5.85. The van der Waals surface area contributed by atoms with Gasteiger partial charge in [0.05, 0.1) is 24.4 Å². The quantitative estimate of drug-likeness (QED) is 0.604. The minimum atomic E-state index is -0.907. The zero-order valence-electron chi connectivity index (χ0n) is 8.87. The van der Waals surface area contributed by atoms with E-state index in [4.69, 9.17) is 9.84 Å². The van der Waals surface area contributed by atoms with Gasteiger partial charge >= 0.3 is 0 Å². The molecule has 0 saturated carbocycles. The Labute approximate surface area is 96.4 Å². The van der Waals surface area contributed by atoms with Crippen LogP contribution in [0.25, 0.3) is 0 Å². The van der Waals surface area contributed by atoms with Crippen LogP contribution in [0.1, 0.15) is 25.7 Å². The van der Waals surface area contributed by atoms with E-state index in [0.29, 0.717) is 19.4 Å². The number of ether oxygens (including phenoxy) is 1. The Morgan fingerprint density at radius 3 is 2.47 bits per heavy atom. The van der Waals surface area contributed by atoms with E-state index in [0.717, 1.165) is 25.9 Å². The first-order valence-corrected chi connectivity index (χ1v) is 5.36. The van der Waals surface area contributed by atoms with Gasteiger partial charge < -0.3 is 20.3 Å². The summed E-state index contributed by atoms with van der Waals surface area (Å²) >= 11 is 0. The Morgan fingerprint density at radius 2 is 1.87 bits per heavy atom. The highest BCUT2D eigenvalue weighted by Gasteiger charge is 2.44. The van der Waals surface area contributed by atoms with Crippen LogP contribution in [-0.2, 0) is 4.74 Å². The van der Waals surface area contributed by atoms with Gasteiger partial charge in [-0.3, -0.25) is 0 Å². The number of hydrogen-bond donors (Lipinski definition) is 3. The molecule has 2 aliphatic rings. The first kappa shape index (κ1) is 13.2. The van der Waals surface area contributed by atoms with Crippen LogP contribution in [0.3, 0.4) is 0 Å². The molecule has 2 rings (SSSR count). The van der Waals surface area contributed by atoms with Gasteiger partial charge in [-0.25, -0.2) is 0 Å². The van der Waals surface area contributed by atoms with Crippen molar-refractivity contribution < 1.29 is 14.9 Å². The van der Waals surface area contributed by atoms with Crippen molar-refractivity contribution in [3.05, 3.63) is 0 Å². The number of hydrogen-bond acceptors (Lipinski definition) is 4. The van der Waals surface area contributed by atoms with Crippen LogP contribution >= 0.6 is 12.4 Å². The molecule has 5 heteroatoms. The molecule has 2 fully saturated rings. The lowest BCUT2D eigenvalue weighted by Crippen LogP contribution is -2.54. The first-order valence-electron chi connectivity index (χ1n) is 5.36. The van der Waals surface area contributed by atoms with Crippen LogP contribution in [0.2, 0.25) is 0 Å². The molecule has 1 spiro atoms. The molecule has 90 valence electrons. The summed E-state index contributed by atoms with van der Waals surface area (Å²) in [5.74, 6) is 0. The van der Waals surface area contributed by atoms with E-state index >= 15 is 0 Å². The Balaban J connectivity index is 0.00000112. The number of piperidine rings is 1. The SMILES string of the molecule is Cl.OCC1(O)CCOC2(CCNCC2)C1. The molecule has 0 aliphatic carbocycles. The van der Waals surface area contributed by atoms with E-state index in [1.807, 2.05) is 0 Å². The molecule has 2 heterocycles. The van der Waals surface area contributed by atoms with Gasteiger partial charge in [0.15, 0.2) is 0 Å². The molecule has 15 heavy (non-hydrogen) atoms. The molecule has 0 aromatic heterocycles. The molecule has 0 aromatic carbocycles. The van der Waals surface area contributed by atoms with E-state index in [2.05, 4.69) is 5.32 Å². The summed E-state index contributed by atoms with van der Waals surface area (Å²) in [6.45, 7) is 2.31. The summed E-state index contributed by atoms with van der Waals surface area (Å²) in [4.78, 5) is 0. The van der Waals surface area contributed by atoms with Crippen LogP contribution in [0, 0.1) is 0 Å². The maximum Gasteiger partial charge on any atom is 0.0926 e. The fraction of sp³-hybridized carbons (Fsp3) is 1.00. The molecule has 0 amide bonds. The molecule has 1 unspecified atom stereocenters. The first-order chi connectivity index (χ1) is 6.68. The van der Waals surface area contributed by atoms with Crippen molar-refractivity contribution in [3.63, 3.8) is 0 Å². The third kappa shape index (κ3) is 2.82. The maximum atomic E-state index is 10.0. The van der Waals surface area contributed by atoms with Crippen molar-refractivity contribution in [2.45, 2.75) is 36.9 Å². The monoisotopic (exact) mass is 237 g/mol. The van der Waals surface area contributed by atoms with E-state index in [1.165, 1.54) is 0 Å². The highest BCUT2D eigenvalue weighted by Crippen LogP contribution is 2.37. The molecular weight excluding hydrogens is 218 g/mol. The number of aliphatic hydroxyl groups is 2. The lowest BCUT2D eigenvalue weighted by atomic mass is 9.78. The molecule has 0 radical (unpaired) electrons. The van der Waals surface area contributed by atoms with Crippen LogP contribution in [0.5, 0.6) is 0 Å². The average molecular weight is 238 g/mol. The Morgan fingerprint density at radius 1 is 1.20 bits per heavy atom. The van der Waals surface area contributed by atoms with Gasteiger partial charge in [-0.15, -0.1) is 12.4 Å². The van der Waals surface area contributed by atoms with Crippen LogP contribution in [-0.4, -0.2) is 47.7 Å². The summed E-state index contributed by atoms with van der Waals surface area (Å²) in [6, 6.07) is 0. The van der Waals surface area contributed by atoms with Gasteiger partial charge in [-0.05, 0) is 25.9 Å². The third-order valence-corrected chi connectivity index (χ3v) is 3.44. The minimum Gasteiger partial charge on any atom is -0.393 e. The van der Waals surface area contributed by atoms with Gasteiger partial charge in [0, 0.05) is 12.8 Å². The summed E-state index contributed by atoms with van der Waals surface area (Å²) in [5.41, 5.74) is -1.09. The summed E-state index contributed by atoms with van der Waals surface area (Å²) in [7, 11) is 0. The predicted molar refractivity (Wildman–Crippen MR) is 59.3 cm³/mol. The largest absolute Gasteiger partial charge is 0.393 e. The topological polar surface area (TPSA) is 61.7 Å². The number of halogens is 1. The summed E-state index contributed by atoms with van der Waals surface area (Å²) in [5, 5.41) is 22.5. The minimum absolute atomic E-state index is 0.